The van der Waals surface area contributed by atoms with E-state index in [-0.39, 0.29) is 35.8 Å². The van der Waals surface area contributed by atoms with E-state index in [1.54, 1.807) is 7.11 Å². The summed E-state index contributed by atoms with van der Waals surface area (Å²) in [5.41, 5.74) is 8.07. The van der Waals surface area contributed by atoms with Crippen LogP contribution in [0.2, 0.25) is 0 Å². The maximum Gasteiger partial charge on any atom is 0.223 e. The van der Waals surface area contributed by atoms with Gasteiger partial charge in [0.1, 0.15) is 5.75 Å². The van der Waals surface area contributed by atoms with Crippen molar-refractivity contribution in [1.82, 2.24) is 4.90 Å². The summed E-state index contributed by atoms with van der Waals surface area (Å²) in [4.78, 5) is 18.6. The number of guanidine groups is 1. The Morgan fingerprint density at radius 2 is 1.93 bits per heavy atom. The topological polar surface area (TPSA) is 80.0 Å². The minimum absolute atomic E-state index is 0. The minimum Gasteiger partial charge on any atom is -0.497 e. The van der Waals surface area contributed by atoms with Crippen molar-refractivity contribution in [2.24, 2.45) is 16.6 Å². The third kappa shape index (κ3) is 6.40. The molecule has 2 aromatic rings. The summed E-state index contributed by atoms with van der Waals surface area (Å²) in [7, 11) is 1.63. The fourth-order valence-corrected chi connectivity index (χ4v) is 3.19. The summed E-state index contributed by atoms with van der Waals surface area (Å²) in [5, 5.41) is 3.06. The first kappa shape index (κ1) is 22.0. The molecule has 0 saturated carbocycles. The number of likely N-dealkylation sites (tertiary alicyclic amines) is 1. The molecule has 1 aliphatic rings. The van der Waals surface area contributed by atoms with Crippen LogP contribution in [0, 0.1) is 5.92 Å². The predicted molar refractivity (Wildman–Crippen MR) is 123 cm³/mol. The van der Waals surface area contributed by atoms with Gasteiger partial charge in [-0.25, -0.2) is 0 Å². The Morgan fingerprint density at radius 3 is 2.61 bits per heavy atom. The van der Waals surface area contributed by atoms with Crippen molar-refractivity contribution in [3.8, 4) is 5.75 Å². The lowest BCUT2D eigenvalue weighted by Crippen LogP contribution is -2.28. The van der Waals surface area contributed by atoms with Crippen molar-refractivity contribution in [1.29, 1.82) is 0 Å². The highest BCUT2D eigenvalue weighted by Crippen LogP contribution is 2.19. The molecule has 1 saturated heterocycles. The molecule has 0 aromatic heterocycles. The number of carbonyl (C=O) groups is 1. The van der Waals surface area contributed by atoms with E-state index in [0.29, 0.717) is 18.9 Å². The van der Waals surface area contributed by atoms with E-state index in [1.807, 2.05) is 47.4 Å². The molecule has 2 aromatic carbocycles. The number of aliphatic imine (C=N–C) groups is 1. The number of nitrogens with zero attached hydrogens (tertiary/aromatic N) is 2. The molecule has 3 N–H and O–H groups in total. The van der Waals surface area contributed by atoms with Crippen molar-refractivity contribution < 1.29 is 9.53 Å². The monoisotopic (exact) mass is 494 g/mol. The van der Waals surface area contributed by atoms with Gasteiger partial charge < -0.3 is 20.7 Å². The molecule has 0 radical (unpaired) electrons. The largest absolute Gasteiger partial charge is 0.497 e. The normalized spacial score (nSPS) is 16.6. The number of hydrogen-bond donors (Lipinski definition) is 2. The molecule has 7 heteroatoms. The number of methoxy groups -OCH3 is 1. The summed E-state index contributed by atoms with van der Waals surface area (Å²) >= 11 is 0. The number of benzene rings is 2. The van der Waals surface area contributed by atoms with Crippen LogP contribution < -0.4 is 15.8 Å². The number of rotatable bonds is 7. The number of nitrogens with one attached hydrogen (secondary N) is 1. The number of amides is 1. The van der Waals surface area contributed by atoms with Gasteiger partial charge in [0.25, 0.3) is 0 Å². The van der Waals surface area contributed by atoms with Crippen LogP contribution in [0.15, 0.2) is 59.6 Å². The number of nitrogens with two attached hydrogens (primary N) is 1. The van der Waals surface area contributed by atoms with Gasteiger partial charge in [0.2, 0.25) is 5.91 Å². The van der Waals surface area contributed by atoms with Crippen molar-refractivity contribution in [3.05, 3.63) is 60.2 Å². The van der Waals surface area contributed by atoms with Gasteiger partial charge in [-0.15, -0.1) is 24.0 Å². The molecule has 0 spiro atoms. The molecule has 1 unspecified atom stereocenters. The SMILES string of the molecule is COc1ccc(NC(N)=NCC2CC(=O)N(CCc3ccccc3)C2)cc1.I. The van der Waals surface area contributed by atoms with E-state index < -0.39 is 0 Å². The van der Waals surface area contributed by atoms with E-state index >= 15 is 0 Å². The highest BCUT2D eigenvalue weighted by atomic mass is 127. The fraction of sp³-hybridized carbons (Fsp3) is 0.333. The fourth-order valence-electron chi connectivity index (χ4n) is 3.19. The Morgan fingerprint density at radius 1 is 1.21 bits per heavy atom. The first-order chi connectivity index (χ1) is 13.1. The molecule has 1 aliphatic heterocycles. The lowest BCUT2D eigenvalue weighted by atomic mass is 10.1. The lowest BCUT2D eigenvalue weighted by molar-refractivity contribution is -0.127. The summed E-state index contributed by atoms with van der Waals surface area (Å²) in [6, 6.07) is 17.7. The summed E-state index contributed by atoms with van der Waals surface area (Å²) in [6.07, 6.45) is 1.41. The highest BCUT2D eigenvalue weighted by Gasteiger charge is 2.28. The molecule has 0 bridgehead atoms. The molecule has 1 heterocycles. The van der Waals surface area contributed by atoms with Crippen molar-refractivity contribution in [2.45, 2.75) is 12.8 Å². The van der Waals surface area contributed by atoms with Gasteiger partial charge in [-0.05, 0) is 36.2 Å². The second-order valence-corrected chi connectivity index (χ2v) is 6.72. The van der Waals surface area contributed by atoms with Crippen LogP contribution >= 0.6 is 24.0 Å². The third-order valence-electron chi connectivity index (χ3n) is 4.69. The Bertz CT molecular complexity index is 781. The van der Waals surface area contributed by atoms with E-state index in [1.165, 1.54) is 5.56 Å². The standard InChI is InChI=1S/C21H26N4O2.HI/c1-27-19-9-7-18(8-10-19)24-21(22)23-14-17-13-20(26)25(15-17)12-11-16-5-3-2-4-6-16;/h2-10,17H,11-15H2,1H3,(H3,22,23,24);1H. The average molecular weight is 494 g/mol. The Hall–Kier alpha value is -2.29. The van der Waals surface area contributed by atoms with Gasteiger partial charge in [-0.3, -0.25) is 9.79 Å². The zero-order chi connectivity index (χ0) is 19.1. The van der Waals surface area contributed by atoms with Crippen LogP contribution in [-0.4, -0.2) is 43.5 Å². The minimum atomic E-state index is 0. The van der Waals surface area contributed by atoms with Gasteiger partial charge in [0, 0.05) is 37.7 Å². The van der Waals surface area contributed by atoms with Crippen molar-refractivity contribution >= 4 is 41.5 Å². The lowest BCUT2D eigenvalue weighted by Gasteiger charge is -2.16. The molecule has 6 nitrogen and oxygen atoms in total. The molecule has 150 valence electrons. The second kappa shape index (κ2) is 10.9. The first-order valence-corrected chi connectivity index (χ1v) is 9.16. The third-order valence-corrected chi connectivity index (χ3v) is 4.69. The number of ether oxygens (including phenoxy) is 1. The second-order valence-electron chi connectivity index (χ2n) is 6.72. The molecule has 3 rings (SSSR count). The zero-order valence-electron chi connectivity index (χ0n) is 16.0. The number of hydrogen-bond acceptors (Lipinski definition) is 3. The van der Waals surface area contributed by atoms with Gasteiger partial charge in [0.05, 0.1) is 7.11 Å². The van der Waals surface area contributed by atoms with Gasteiger partial charge in [0.15, 0.2) is 5.96 Å². The molecule has 0 aliphatic carbocycles. The Balaban J connectivity index is 0.00000280. The van der Waals surface area contributed by atoms with Gasteiger partial charge >= 0.3 is 0 Å². The molecule has 1 fully saturated rings. The average Bonchev–Trinajstić information content (AvgIpc) is 3.06. The van der Waals surface area contributed by atoms with Crippen LogP contribution in [-0.2, 0) is 11.2 Å². The molecule has 1 amide bonds. The van der Waals surface area contributed by atoms with E-state index in [0.717, 1.165) is 30.9 Å². The van der Waals surface area contributed by atoms with Crippen molar-refractivity contribution in [3.63, 3.8) is 0 Å². The maximum atomic E-state index is 12.2. The summed E-state index contributed by atoms with van der Waals surface area (Å²) < 4.78 is 5.13. The summed E-state index contributed by atoms with van der Waals surface area (Å²) in [6.45, 7) is 2.04. The number of halogens is 1. The van der Waals surface area contributed by atoms with Crippen LogP contribution in [0.3, 0.4) is 0 Å². The first-order valence-electron chi connectivity index (χ1n) is 9.16. The van der Waals surface area contributed by atoms with Gasteiger partial charge in [-0.1, -0.05) is 30.3 Å². The zero-order valence-corrected chi connectivity index (χ0v) is 18.3. The molecule has 28 heavy (non-hydrogen) atoms. The van der Waals surface area contributed by atoms with Crippen molar-refractivity contribution in [2.75, 3.05) is 32.1 Å². The number of anilines is 1. The van der Waals surface area contributed by atoms with E-state index in [4.69, 9.17) is 10.5 Å². The molecular formula is C21H27IN4O2. The highest BCUT2D eigenvalue weighted by molar-refractivity contribution is 14.0. The van der Waals surface area contributed by atoms with Crippen LogP contribution in [0.5, 0.6) is 5.75 Å². The summed E-state index contributed by atoms with van der Waals surface area (Å²) in [5.74, 6) is 1.56. The van der Waals surface area contributed by atoms with E-state index in [9.17, 15) is 4.79 Å². The number of carbonyl (C=O) groups excluding carboxylic acids is 1. The van der Waals surface area contributed by atoms with Gasteiger partial charge in [-0.2, -0.15) is 0 Å². The molecular weight excluding hydrogens is 467 g/mol. The van der Waals surface area contributed by atoms with E-state index in [2.05, 4.69) is 22.4 Å². The van der Waals surface area contributed by atoms with Crippen LogP contribution in [0.4, 0.5) is 5.69 Å². The Labute approximate surface area is 183 Å². The van der Waals surface area contributed by atoms with Crippen LogP contribution in [0.25, 0.3) is 0 Å². The smallest absolute Gasteiger partial charge is 0.223 e. The predicted octanol–water partition coefficient (Wildman–Crippen LogP) is 3.13. The van der Waals surface area contributed by atoms with Crippen LogP contribution in [0.1, 0.15) is 12.0 Å². The Kier molecular flexibility index (Phi) is 8.56. The quantitative estimate of drug-likeness (QED) is 0.352. The maximum absolute atomic E-state index is 12.2. The molecule has 1 atom stereocenters.